The lowest BCUT2D eigenvalue weighted by Gasteiger charge is -2.40. The molecule has 1 aliphatic heterocycles. The topological polar surface area (TPSA) is 49.6 Å². The zero-order chi connectivity index (χ0) is 13.3. The minimum atomic E-state index is -0.291. The summed E-state index contributed by atoms with van der Waals surface area (Å²) < 4.78 is 0. The standard InChI is InChI=1S/C13H18ClN3O/c1-9-3-4-10(14)7-11(9)17-6-5-16(2)13(18)12(17)8-15/h3-4,7,12H,5-6,8,15H2,1-2H3. The summed E-state index contributed by atoms with van der Waals surface area (Å²) in [6.07, 6.45) is 0. The number of carbonyl (C=O) groups is 1. The van der Waals surface area contributed by atoms with Crippen LogP contribution in [-0.4, -0.2) is 43.5 Å². The zero-order valence-electron chi connectivity index (χ0n) is 10.7. The van der Waals surface area contributed by atoms with Crippen LogP contribution < -0.4 is 10.6 Å². The average Bonchev–Trinajstić information content (AvgIpc) is 2.35. The molecule has 5 heteroatoms. The van der Waals surface area contributed by atoms with Crippen LogP contribution in [0.1, 0.15) is 5.56 Å². The number of aryl methyl sites for hydroxylation is 1. The first kappa shape index (κ1) is 13.2. The van der Waals surface area contributed by atoms with Gasteiger partial charge in [0.05, 0.1) is 0 Å². The fourth-order valence-corrected chi connectivity index (χ4v) is 2.49. The monoisotopic (exact) mass is 267 g/mol. The normalized spacial score (nSPS) is 20.4. The molecule has 4 nitrogen and oxygen atoms in total. The van der Waals surface area contributed by atoms with Gasteiger partial charge in [0.2, 0.25) is 5.91 Å². The number of carbonyl (C=O) groups excluding carboxylic acids is 1. The van der Waals surface area contributed by atoms with Crippen LogP contribution in [0.25, 0.3) is 0 Å². The molecule has 1 amide bonds. The number of likely N-dealkylation sites (N-methyl/N-ethyl adjacent to an activating group) is 1. The lowest BCUT2D eigenvalue weighted by Crippen LogP contribution is -2.58. The Morgan fingerprint density at radius 1 is 1.44 bits per heavy atom. The lowest BCUT2D eigenvalue weighted by atomic mass is 10.1. The number of nitrogens with zero attached hydrogens (tertiary/aromatic N) is 2. The molecule has 1 saturated heterocycles. The second-order valence-corrected chi connectivity index (χ2v) is 5.07. The van der Waals surface area contributed by atoms with Crippen LogP contribution >= 0.6 is 11.6 Å². The molecule has 1 unspecified atom stereocenters. The molecule has 1 heterocycles. The number of amides is 1. The summed E-state index contributed by atoms with van der Waals surface area (Å²) >= 11 is 6.04. The van der Waals surface area contributed by atoms with E-state index in [-0.39, 0.29) is 11.9 Å². The van der Waals surface area contributed by atoms with Gasteiger partial charge in [-0.3, -0.25) is 4.79 Å². The second kappa shape index (κ2) is 5.16. The molecule has 1 fully saturated rings. The molecule has 0 bridgehead atoms. The molecule has 98 valence electrons. The fourth-order valence-electron chi connectivity index (χ4n) is 2.32. The predicted molar refractivity (Wildman–Crippen MR) is 74.0 cm³/mol. The number of benzene rings is 1. The molecule has 0 saturated carbocycles. The van der Waals surface area contributed by atoms with Crippen molar-refractivity contribution in [3.05, 3.63) is 28.8 Å². The van der Waals surface area contributed by atoms with Crippen molar-refractivity contribution in [1.29, 1.82) is 0 Å². The summed E-state index contributed by atoms with van der Waals surface area (Å²) in [5.74, 6) is 0.0723. The van der Waals surface area contributed by atoms with Crippen molar-refractivity contribution in [3.8, 4) is 0 Å². The molecule has 1 aromatic rings. The van der Waals surface area contributed by atoms with Gasteiger partial charge in [-0.25, -0.2) is 0 Å². The van der Waals surface area contributed by atoms with Crippen LogP contribution in [0.15, 0.2) is 18.2 Å². The Kier molecular flexibility index (Phi) is 3.78. The van der Waals surface area contributed by atoms with Crippen LogP contribution in [0.2, 0.25) is 5.02 Å². The molecular weight excluding hydrogens is 250 g/mol. The Balaban J connectivity index is 2.36. The quantitative estimate of drug-likeness (QED) is 0.878. The minimum Gasteiger partial charge on any atom is -0.356 e. The van der Waals surface area contributed by atoms with E-state index in [4.69, 9.17) is 17.3 Å². The third-order valence-corrected chi connectivity index (χ3v) is 3.65. The Morgan fingerprint density at radius 2 is 2.17 bits per heavy atom. The fraction of sp³-hybridized carbons (Fsp3) is 0.462. The van der Waals surface area contributed by atoms with E-state index in [1.54, 1.807) is 4.90 Å². The van der Waals surface area contributed by atoms with Crippen molar-refractivity contribution in [2.24, 2.45) is 5.73 Å². The number of hydrogen-bond donors (Lipinski definition) is 1. The third kappa shape index (κ3) is 2.31. The number of piperazine rings is 1. The maximum atomic E-state index is 12.1. The summed E-state index contributed by atoms with van der Waals surface area (Å²) in [5.41, 5.74) is 7.86. The van der Waals surface area contributed by atoms with E-state index in [1.165, 1.54) is 0 Å². The van der Waals surface area contributed by atoms with Gasteiger partial charge in [0.25, 0.3) is 0 Å². The zero-order valence-corrected chi connectivity index (χ0v) is 11.4. The summed E-state index contributed by atoms with van der Waals surface area (Å²) in [7, 11) is 1.81. The molecule has 2 N–H and O–H groups in total. The van der Waals surface area contributed by atoms with Crippen molar-refractivity contribution in [2.75, 3.05) is 31.6 Å². The Hall–Kier alpha value is -1.26. The van der Waals surface area contributed by atoms with Crippen LogP contribution in [0.5, 0.6) is 0 Å². The Morgan fingerprint density at radius 3 is 2.83 bits per heavy atom. The van der Waals surface area contributed by atoms with Gasteiger partial charge in [-0.1, -0.05) is 17.7 Å². The van der Waals surface area contributed by atoms with Crippen molar-refractivity contribution in [3.63, 3.8) is 0 Å². The molecule has 2 rings (SSSR count). The average molecular weight is 268 g/mol. The van der Waals surface area contributed by atoms with Gasteiger partial charge in [-0.05, 0) is 24.6 Å². The second-order valence-electron chi connectivity index (χ2n) is 4.64. The van der Waals surface area contributed by atoms with E-state index in [9.17, 15) is 4.79 Å². The predicted octanol–water partition coefficient (Wildman–Crippen LogP) is 1.25. The van der Waals surface area contributed by atoms with Crippen molar-refractivity contribution >= 4 is 23.2 Å². The molecular formula is C13H18ClN3O. The SMILES string of the molecule is Cc1ccc(Cl)cc1N1CCN(C)C(=O)C1CN. The third-order valence-electron chi connectivity index (χ3n) is 3.42. The highest BCUT2D eigenvalue weighted by atomic mass is 35.5. The highest BCUT2D eigenvalue weighted by Crippen LogP contribution is 2.27. The Bertz CT molecular complexity index is 464. The summed E-state index contributed by atoms with van der Waals surface area (Å²) in [5, 5.41) is 0.678. The van der Waals surface area contributed by atoms with Gasteiger partial charge in [0.1, 0.15) is 6.04 Å². The number of halogens is 1. The van der Waals surface area contributed by atoms with Gasteiger partial charge < -0.3 is 15.5 Å². The van der Waals surface area contributed by atoms with Crippen LogP contribution in [0.3, 0.4) is 0 Å². The summed E-state index contributed by atoms with van der Waals surface area (Å²) in [6.45, 7) is 3.82. The van der Waals surface area contributed by atoms with Crippen molar-refractivity contribution < 1.29 is 4.79 Å². The van der Waals surface area contributed by atoms with E-state index in [1.807, 2.05) is 32.2 Å². The highest BCUT2D eigenvalue weighted by Gasteiger charge is 2.32. The number of hydrogen-bond acceptors (Lipinski definition) is 3. The lowest BCUT2D eigenvalue weighted by molar-refractivity contribution is -0.132. The van der Waals surface area contributed by atoms with Gasteiger partial charge in [0.15, 0.2) is 0 Å². The van der Waals surface area contributed by atoms with Crippen LogP contribution in [0.4, 0.5) is 5.69 Å². The van der Waals surface area contributed by atoms with E-state index in [0.717, 1.165) is 17.8 Å². The summed E-state index contributed by atoms with van der Waals surface area (Å²) in [4.78, 5) is 15.9. The maximum absolute atomic E-state index is 12.1. The maximum Gasteiger partial charge on any atom is 0.246 e. The molecule has 0 aromatic heterocycles. The smallest absolute Gasteiger partial charge is 0.246 e. The molecule has 0 radical (unpaired) electrons. The first-order chi connectivity index (χ1) is 8.54. The molecule has 1 aromatic carbocycles. The van der Waals surface area contributed by atoms with Gasteiger partial charge in [-0.2, -0.15) is 0 Å². The summed E-state index contributed by atoms with van der Waals surface area (Å²) in [6, 6.07) is 5.43. The van der Waals surface area contributed by atoms with Gasteiger partial charge in [-0.15, -0.1) is 0 Å². The number of nitrogens with two attached hydrogens (primary N) is 1. The highest BCUT2D eigenvalue weighted by molar-refractivity contribution is 6.30. The first-order valence-electron chi connectivity index (χ1n) is 6.02. The van der Waals surface area contributed by atoms with Gasteiger partial charge >= 0.3 is 0 Å². The van der Waals surface area contributed by atoms with Gasteiger partial charge in [0, 0.05) is 37.4 Å². The van der Waals surface area contributed by atoms with Crippen LogP contribution in [-0.2, 0) is 4.79 Å². The number of anilines is 1. The van der Waals surface area contributed by atoms with E-state index in [2.05, 4.69) is 4.90 Å². The molecule has 0 aliphatic carbocycles. The Labute approximate surface area is 112 Å². The largest absolute Gasteiger partial charge is 0.356 e. The van der Waals surface area contributed by atoms with Crippen molar-refractivity contribution in [1.82, 2.24) is 4.90 Å². The van der Waals surface area contributed by atoms with E-state index < -0.39 is 0 Å². The van der Waals surface area contributed by atoms with E-state index >= 15 is 0 Å². The number of rotatable bonds is 2. The molecule has 18 heavy (non-hydrogen) atoms. The molecule has 1 aliphatic rings. The van der Waals surface area contributed by atoms with E-state index in [0.29, 0.717) is 18.1 Å². The first-order valence-corrected chi connectivity index (χ1v) is 6.40. The molecule has 0 spiro atoms. The minimum absolute atomic E-state index is 0.0723. The molecule has 1 atom stereocenters. The van der Waals surface area contributed by atoms with Crippen LogP contribution in [0, 0.1) is 6.92 Å². The van der Waals surface area contributed by atoms with Crippen molar-refractivity contribution in [2.45, 2.75) is 13.0 Å².